The summed E-state index contributed by atoms with van der Waals surface area (Å²) >= 11 is 0. The summed E-state index contributed by atoms with van der Waals surface area (Å²) in [6, 6.07) is 6.10. The number of benzene rings is 1. The molecule has 6 nitrogen and oxygen atoms in total. The van der Waals surface area contributed by atoms with Crippen molar-refractivity contribution in [1.29, 1.82) is 0 Å². The summed E-state index contributed by atoms with van der Waals surface area (Å²) in [7, 11) is 0. The Bertz CT molecular complexity index is 782. The second-order valence-corrected chi connectivity index (χ2v) is 4.98. The third-order valence-electron chi connectivity index (χ3n) is 3.39. The van der Waals surface area contributed by atoms with E-state index in [-0.39, 0.29) is 11.7 Å². The van der Waals surface area contributed by atoms with Crippen LogP contribution in [-0.4, -0.2) is 19.9 Å². The Morgan fingerprint density at radius 1 is 1.25 bits per heavy atom. The monoisotopic (exact) mass is 271 g/mol. The fourth-order valence-corrected chi connectivity index (χ4v) is 2.26. The van der Waals surface area contributed by atoms with E-state index in [0.29, 0.717) is 0 Å². The van der Waals surface area contributed by atoms with Crippen LogP contribution in [0.2, 0.25) is 0 Å². The van der Waals surface area contributed by atoms with Gasteiger partial charge >= 0.3 is 5.69 Å². The Kier molecular flexibility index (Phi) is 3.15. The second kappa shape index (κ2) is 4.97. The Morgan fingerprint density at radius 3 is 2.80 bits per heavy atom. The Morgan fingerprint density at radius 2 is 2.05 bits per heavy atom. The first-order chi connectivity index (χ1) is 9.61. The van der Waals surface area contributed by atoms with E-state index in [1.54, 1.807) is 0 Å². The maximum absolute atomic E-state index is 11.2. The van der Waals surface area contributed by atoms with Crippen molar-refractivity contribution in [3.63, 3.8) is 0 Å². The van der Waals surface area contributed by atoms with Gasteiger partial charge in [-0.1, -0.05) is 6.07 Å². The van der Waals surface area contributed by atoms with E-state index in [0.717, 1.165) is 34.7 Å². The lowest BCUT2D eigenvalue weighted by Gasteiger charge is -2.13. The van der Waals surface area contributed by atoms with Crippen molar-refractivity contribution in [2.45, 2.75) is 26.4 Å². The minimum Gasteiger partial charge on any atom is -0.345 e. The zero-order valence-electron chi connectivity index (χ0n) is 11.4. The molecule has 0 aliphatic carbocycles. The van der Waals surface area contributed by atoms with Gasteiger partial charge in [0.2, 0.25) is 0 Å². The van der Waals surface area contributed by atoms with Gasteiger partial charge in [-0.15, -0.1) is 0 Å². The van der Waals surface area contributed by atoms with Crippen LogP contribution in [0.25, 0.3) is 11.0 Å². The molecule has 3 rings (SSSR count). The molecular weight excluding hydrogens is 254 g/mol. The van der Waals surface area contributed by atoms with E-state index >= 15 is 0 Å². The number of hydrogen-bond acceptors (Lipinski definition) is 3. The quantitative estimate of drug-likeness (QED) is 0.582. The molecule has 0 saturated heterocycles. The summed E-state index contributed by atoms with van der Waals surface area (Å²) in [5.41, 5.74) is 3.67. The van der Waals surface area contributed by atoms with Crippen LogP contribution in [0.1, 0.15) is 30.0 Å². The normalized spacial score (nSPS) is 12.9. The van der Waals surface area contributed by atoms with Gasteiger partial charge in [0.1, 0.15) is 5.82 Å². The van der Waals surface area contributed by atoms with E-state index in [2.05, 4.69) is 32.2 Å². The lowest BCUT2D eigenvalue weighted by atomic mass is 10.1. The number of fused-ring (bicyclic) bond motifs is 1. The summed E-state index contributed by atoms with van der Waals surface area (Å²) in [5.74, 6) is 0.917. The van der Waals surface area contributed by atoms with Crippen LogP contribution in [0.4, 0.5) is 0 Å². The highest BCUT2D eigenvalue weighted by Crippen LogP contribution is 2.17. The van der Waals surface area contributed by atoms with Gasteiger partial charge in [0.25, 0.3) is 0 Å². The summed E-state index contributed by atoms with van der Waals surface area (Å²) < 4.78 is 0. The van der Waals surface area contributed by atoms with E-state index < -0.39 is 0 Å². The lowest BCUT2D eigenvalue weighted by molar-refractivity contribution is 0.569. The number of aromatic amines is 3. The first-order valence-corrected chi connectivity index (χ1v) is 6.57. The number of H-pyrrole nitrogens is 3. The van der Waals surface area contributed by atoms with Gasteiger partial charge in [-0.25, -0.2) is 9.78 Å². The zero-order chi connectivity index (χ0) is 14.1. The lowest BCUT2D eigenvalue weighted by Crippen LogP contribution is -2.18. The standard InChI is InChI=1S/C14H17N5O/c1-8(15-6-11-7-16-9(2)17-11)10-3-4-12-13(5-10)19-14(20)18-12/h3-5,7-8,15H,6H2,1-2H3,(H,16,17)(H2,18,19,20). The number of imidazole rings is 2. The van der Waals surface area contributed by atoms with Gasteiger partial charge < -0.3 is 20.3 Å². The molecule has 0 aliphatic heterocycles. The molecule has 1 atom stereocenters. The fraction of sp³-hybridized carbons (Fsp3) is 0.286. The molecule has 6 heteroatoms. The van der Waals surface area contributed by atoms with Gasteiger partial charge in [0.15, 0.2) is 0 Å². The van der Waals surface area contributed by atoms with Crippen LogP contribution in [0.5, 0.6) is 0 Å². The smallest absolute Gasteiger partial charge is 0.323 e. The number of aryl methyl sites for hydroxylation is 1. The number of rotatable bonds is 4. The molecule has 0 radical (unpaired) electrons. The van der Waals surface area contributed by atoms with E-state index in [4.69, 9.17) is 0 Å². The third kappa shape index (κ3) is 2.50. The molecule has 20 heavy (non-hydrogen) atoms. The van der Waals surface area contributed by atoms with Gasteiger partial charge in [-0.05, 0) is 31.5 Å². The van der Waals surface area contributed by atoms with Crippen LogP contribution >= 0.6 is 0 Å². The largest absolute Gasteiger partial charge is 0.345 e. The van der Waals surface area contributed by atoms with E-state index in [1.165, 1.54) is 0 Å². The van der Waals surface area contributed by atoms with Crippen molar-refractivity contribution in [3.8, 4) is 0 Å². The van der Waals surface area contributed by atoms with Crippen LogP contribution in [-0.2, 0) is 6.54 Å². The van der Waals surface area contributed by atoms with Crippen LogP contribution in [0, 0.1) is 6.92 Å². The molecule has 104 valence electrons. The highest BCUT2D eigenvalue weighted by molar-refractivity contribution is 5.75. The molecule has 2 aromatic heterocycles. The minimum atomic E-state index is -0.175. The number of nitrogens with zero attached hydrogens (tertiary/aromatic N) is 1. The molecule has 1 aromatic carbocycles. The second-order valence-electron chi connectivity index (χ2n) is 4.98. The molecule has 0 fully saturated rings. The molecule has 0 spiro atoms. The third-order valence-corrected chi connectivity index (χ3v) is 3.39. The van der Waals surface area contributed by atoms with Crippen molar-refractivity contribution in [3.05, 3.63) is 52.0 Å². The topological polar surface area (TPSA) is 89.4 Å². The Balaban J connectivity index is 1.74. The predicted octanol–water partition coefficient (Wildman–Crippen LogP) is 1.74. The maximum atomic E-state index is 11.2. The van der Waals surface area contributed by atoms with Crippen molar-refractivity contribution in [2.75, 3.05) is 0 Å². The van der Waals surface area contributed by atoms with Gasteiger partial charge in [0, 0.05) is 24.5 Å². The predicted molar refractivity (Wildman–Crippen MR) is 77.5 cm³/mol. The first-order valence-electron chi connectivity index (χ1n) is 6.57. The van der Waals surface area contributed by atoms with E-state index in [9.17, 15) is 4.79 Å². The highest BCUT2D eigenvalue weighted by Gasteiger charge is 2.07. The average molecular weight is 271 g/mol. The summed E-state index contributed by atoms with van der Waals surface area (Å²) in [4.78, 5) is 24.1. The molecule has 0 saturated carbocycles. The van der Waals surface area contributed by atoms with Crippen LogP contribution in [0.15, 0.2) is 29.2 Å². The van der Waals surface area contributed by atoms with Gasteiger partial charge in [0.05, 0.1) is 11.0 Å². The van der Waals surface area contributed by atoms with Crippen molar-refractivity contribution < 1.29 is 0 Å². The average Bonchev–Trinajstić information content (AvgIpc) is 2.99. The SMILES string of the molecule is Cc1ncc(CNC(C)c2ccc3[nH]c(=O)[nH]c3c2)[nH]1. The van der Waals surface area contributed by atoms with Crippen LogP contribution < -0.4 is 11.0 Å². The summed E-state index contributed by atoms with van der Waals surface area (Å²) in [5, 5.41) is 3.43. The Hall–Kier alpha value is -2.34. The molecule has 2 heterocycles. The fourth-order valence-electron chi connectivity index (χ4n) is 2.26. The molecule has 4 N–H and O–H groups in total. The molecule has 0 amide bonds. The van der Waals surface area contributed by atoms with Crippen molar-refractivity contribution in [1.82, 2.24) is 25.3 Å². The number of hydrogen-bond donors (Lipinski definition) is 4. The van der Waals surface area contributed by atoms with Gasteiger partial charge in [-0.2, -0.15) is 0 Å². The van der Waals surface area contributed by atoms with Crippen molar-refractivity contribution in [2.24, 2.45) is 0 Å². The maximum Gasteiger partial charge on any atom is 0.323 e. The molecule has 1 unspecified atom stereocenters. The molecule has 0 bridgehead atoms. The summed E-state index contributed by atoms with van der Waals surface area (Å²) in [6.45, 7) is 4.75. The molecular formula is C14H17N5O. The number of aromatic nitrogens is 4. The highest BCUT2D eigenvalue weighted by atomic mass is 16.1. The molecule has 0 aliphatic rings. The summed E-state index contributed by atoms with van der Waals surface area (Å²) in [6.07, 6.45) is 1.84. The zero-order valence-corrected chi connectivity index (χ0v) is 11.4. The minimum absolute atomic E-state index is 0.175. The van der Waals surface area contributed by atoms with Crippen LogP contribution in [0.3, 0.4) is 0 Å². The van der Waals surface area contributed by atoms with Crippen molar-refractivity contribution >= 4 is 11.0 Å². The Labute approximate surface area is 115 Å². The number of nitrogens with one attached hydrogen (secondary N) is 4. The van der Waals surface area contributed by atoms with E-state index in [1.807, 2.05) is 31.3 Å². The molecule has 3 aromatic rings. The van der Waals surface area contributed by atoms with Gasteiger partial charge in [-0.3, -0.25) is 0 Å². The first kappa shape index (κ1) is 12.7.